The van der Waals surface area contributed by atoms with E-state index in [0.29, 0.717) is 12.0 Å². The Balaban J connectivity index is 2.34. The fourth-order valence-electron chi connectivity index (χ4n) is 3.94. The average molecular weight is 288 g/mol. The molecule has 0 radical (unpaired) electrons. The minimum Gasteiger partial charge on any atom is -0.320 e. The van der Waals surface area contributed by atoms with Gasteiger partial charge in [0.2, 0.25) is 0 Å². The van der Waals surface area contributed by atoms with E-state index in [2.05, 4.69) is 56.0 Å². The Morgan fingerprint density at radius 2 is 1.62 bits per heavy atom. The summed E-state index contributed by atoms with van der Waals surface area (Å²) < 4.78 is 0. The predicted octanol–water partition coefficient (Wildman–Crippen LogP) is 4.15. The Kier molecular flexibility index (Phi) is 5.83. The fraction of sp³-hybridized carbons (Fsp3) is 0.684. The number of benzene rings is 1. The standard InChI is InChI=1S/C19H32N2/c1-4-18(21-14-10-5-6-11-15-21)19(20,16(2)3)17-12-8-7-9-13-17/h7-9,12-13,16,18H,4-6,10-11,14-15,20H2,1-3H3. The molecule has 2 nitrogen and oxygen atoms in total. The van der Waals surface area contributed by atoms with Gasteiger partial charge in [0.1, 0.15) is 0 Å². The van der Waals surface area contributed by atoms with Crippen molar-refractivity contribution in [1.29, 1.82) is 0 Å². The molecule has 2 unspecified atom stereocenters. The highest BCUT2D eigenvalue weighted by molar-refractivity contribution is 5.27. The van der Waals surface area contributed by atoms with Crippen molar-refractivity contribution < 1.29 is 0 Å². The maximum absolute atomic E-state index is 7.06. The summed E-state index contributed by atoms with van der Waals surface area (Å²) in [6, 6.07) is 11.2. The van der Waals surface area contributed by atoms with Crippen LogP contribution in [0.25, 0.3) is 0 Å². The van der Waals surface area contributed by atoms with Gasteiger partial charge in [0.05, 0.1) is 5.54 Å². The van der Waals surface area contributed by atoms with E-state index in [1.165, 1.54) is 44.3 Å². The van der Waals surface area contributed by atoms with Gasteiger partial charge in [-0.2, -0.15) is 0 Å². The van der Waals surface area contributed by atoms with Crippen molar-refractivity contribution in [2.24, 2.45) is 11.7 Å². The highest BCUT2D eigenvalue weighted by Gasteiger charge is 2.41. The minimum atomic E-state index is -0.264. The second-order valence-corrected chi connectivity index (χ2v) is 6.83. The van der Waals surface area contributed by atoms with Crippen LogP contribution >= 0.6 is 0 Å². The summed E-state index contributed by atoms with van der Waals surface area (Å²) in [5.74, 6) is 0.424. The molecule has 0 saturated carbocycles. The van der Waals surface area contributed by atoms with E-state index in [1.54, 1.807) is 0 Å². The summed E-state index contributed by atoms with van der Waals surface area (Å²) in [6.07, 6.45) is 6.50. The molecule has 0 bridgehead atoms. The molecule has 118 valence electrons. The van der Waals surface area contributed by atoms with Crippen LogP contribution in [0.1, 0.15) is 58.4 Å². The SMILES string of the molecule is CCC(N1CCCCCC1)C(N)(c1ccccc1)C(C)C. The van der Waals surface area contributed by atoms with E-state index in [1.807, 2.05) is 0 Å². The summed E-state index contributed by atoms with van der Waals surface area (Å²) in [5, 5.41) is 0. The molecule has 21 heavy (non-hydrogen) atoms. The first-order valence-corrected chi connectivity index (χ1v) is 8.69. The lowest BCUT2D eigenvalue weighted by atomic mass is 9.73. The van der Waals surface area contributed by atoms with Gasteiger partial charge in [-0.05, 0) is 43.8 Å². The number of hydrogen-bond acceptors (Lipinski definition) is 2. The van der Waals surface area contributed by atoms with Gasteiger partial charge in [-0.15, -0.1) is 0 Å². The molecule has 1 fully saturated rings. The van der Waals surface area contributed by atoms with Gasteiger partial charge in [-0.1, -0.05) is 63.9 Å². The number of nitrogens with zero attached hydrogens (tertiary/aromatic N) is 1. The van der Waals surface area contributed by atoms with Gasteiger partial charge in [0.15, 0.2) is 0 Å². The average Bonchev–Trinajstić information content (AvgIpc) is 2.77. The molecule has 0 aliphatic carbocycles. The molecule has 1 aromatic rings. The molecule has 0 spiro atoms. The van der Waals surface area contributed by atoms with E-state index in [0.717, 1.165) is 6.42 Å². The lowest BCUT2D eigenvalue weighted by Crippen LogP contribution is -2.59. The normalized spacial score (nSPS) is 21.8. The van der Waals surface area contributed by atoms with Crippen molar-refractivity contribution in [3.63, 3.8) is 0 Å². The highest BCUT2D eigenvalue weighted by atomic mass is 15.2. The number of likely N-dealkylation sites (tertiary alicyclic amines) is 1. The van der Waals surface area contributed by atoms with E-state index in [9.17, 15) is 0 Å². The molecule has 1 aliphatic heterocycles. The maximum atomic E-state index is 7.06. The molecule has 1 aromatic carbocycles. The van der Waals surface area contributed by atoms with E-state index in [-0.39, 0.29) is 5.54 Å². The quantitative estimate of drug-likeness (QED) is 0.882. The summed E-state index contributed by atoms with van der Waals surface area (Å²) in [6.45, 7) is 9.25. The summed E-state index contributed by atoms with van der Waals surface area (Å²) in [4.78, 5) is 2.67. The van der Waals surface area contributed by atoms with E-state index in [4.69, 9.17) is 5.73 Å². The number of hydrogen-bond donors (Lipinski definition) is 1. The van der Waals surface area contributed by atoms with Gasteiger partial charge in [0, 0.05) is 6.04 Å². The largest absolute Gasteiger partial charge is 0.320 e. The monoisotopic (exact) mass is 288 g/mol. The van der Waals surface area contributed by atoms with Crippen LogP contribution in [0, 0.1) is 5.92 Å². The zero-order valence-electron chi connectivity index (χ0n) is 14.0. The topological polar surface area (TPSA) is 29.3 Å². The zero-order chi connectivity index (χ0) is 15.3. The molecule has 1 aliphatic rings. The van der Waals surface area contributed by atoms with Gasteiger partial charge < -0.3 is 5.73 Å². The van der Waals surface area contributed by atoms with Crippen LogP contribution in [0.4, 0.5) is 0 Å². The second kappa shape index (κ2) is 7.42. The molecule has 1 saturated heterocycles. The van der Waals surface area contributed by atoms with Gasteiger partial charge in [-0.25, -0.2) is 0 Å². The number of rotatable bonds is 5. The number of nitrogens with two attached hydrogens (primary N) is 1. The lowest BCUT2D eigenvalue weighted by molar-refractivity contribution is 0.0863. The first-order chi connectivity index (χ1) is 10.1. The summed E-state index contributed by atoms with van der Waals surface area (Å²) in [5.41, 5.74) is 8.08. The molecule has 2 rings (SSSR count). The van der Waals surface area contributed by atoms with Crippen molar-refractivity contribution in [3.05, 3.63) is 35.9 Å². The summed E-state index contributed by atoms with van der Waals surface area (Å²) in [7, 11) is 0. The second-order valence-electron chi connectivity index (χ2n) is 6.83. The Bertz CT molecular complexity index is 407. The molecule has 2 N–H and O–H groups in total. The van der Waals surface area contributed by atoms with Crippen LogP contribution in [0.15, 0.2) is 30.3 Å². The Labute approximate surface area is 130 Å². The third kappa shape index (κ3) is 3.49. The first kappa shape index (κ1) is 16.5. The molecule has 0 amide bonds. The van der Waals surface area contributed by atoms with Crippen LogP contribution in [0.5, 0.6) is 0 Å². The Morgan fingerprint density at radius 1 is 1.05 bits per heavy atom. The summed E-state index contributed by atoms with van der Waals surface area (Å²) >= 11 is 0. The van der Waals surface area contributed by atoms with Crippen molar-refractivity contribution in [1.82, 2.24) is 4.90 Å². The van der Waals surface area contributed by atoms with Crippen molar-refractivity contribution in [2.45, 2.75) is 64.5 Å². The third-order valence-corrected chi connectivity index (χ3v) is 5.25. The van der Waals surface area contributed by atoms with Crippen molar-refractivity contribution in [3.8, 4) is 0 Å². The van der Waals surface area contributed by atoms with Crippen LogP contribution < -0.4 is 5.73 Å². The van der Waals surface area contributed by atoms with Crippen LogP contribution in [-0.4, -0.2) is 24.0 Å². The first-order valence-electron chi connectivity index (χ1n) is 8.69. The van der Waals surface area contributed by atoms with Gasteiger partial charge >= 0.3 is 0 Å². The molecule has 0 aromatic heterocycles. The Hall–Kier alpha value is -0.860. The zero-order valence-corrected chi connectivity index (χ0v) is 14.0. The highest BCUT2D eigenvalue weighted by Crippen LogP contribution is 2.35. The van der Waals surface area contributed by atoms with Gasteiger partial charge in [0.25, 0.3) is 0 Å². The van der Waals surface area contributed by atoms with E-state index >= 15 is 0 Å². The fourth-order valence-corrected chi connectivity index (χ4v) is 3.94. The van der Waals surface area contributed by atoms with Crippen LogP contribution in [0.3, 0.4) is 0 Å². The Morgan fingerprint density at radius 3 is 2.10 bits per heavy atom. The van der Waals surface area contributed by atoms with Crippen LogP contribution in [-0.2, 0) is 5.54 Å². The lowest BCUT2D eigenvalue weighted by Gasteiger charge is -2.46. The van der Waals surface area contributed by atoms with Gasteiger partial charge in [-0.3, -0.25) is 4.90 Å². The molecular weight excluding hydrogens is 256 g/mol. The van der Waals surface area contributed by atoms with Crippen molar-refractivity contribution in [2.75, 3.05) is 13.1 Å². The molecule has 2 heteroatoms. The van der Waals surface area contributed by atoms with E-state index < -0.39 is 0 Å². The third-order valence-electron chi connectivity index (χ3n) is 5.25. The molecule has 2 atom stereocenters. The minimum absolute atomic E-state index is 0.264. The van der Waals surface area contributed by atoms with Crippen LogP contribution in [0.2, 0.25) is 0 Å². The van der Waals surface area contributed by atoms with Crippen molar-refractivity contribution >= 4 is 0 Å². The smallest absolute Gasteiger partial charge is 0.0590 e. The predicted molar refractivity (Wildman–Crippen MR) is 91.3 cm³/mol. The maximum Gasteiger partial charge on any atom is 0.0590 e. The molecule has 1 heterocycles. The molecular formula is C19H32N2.